The van der Waals surface area contributed by atoms with Gasteiger partial charge in [-0.3, -0.25) is 9.59 Å². The van der Waals surface area contributed by atoms with E-state index in [2.05, 4.69) is 5.32 Å². The van der Waals surface area contributed by atoms with Crippen LogP contribution in [0, 0.1) is 17.7 Å². The fourth-order valence-electron chi connectivity index (χ4n) is 3.52. The van der Waals surface area contributed by atoms with Crippen LogP contribution in [-0.2, 0) is 4.79 Å². The second-order valence-electron chi connectivity index (χ2n) is 7.62. The van der Waals surface area contributed by atoms with Crippen LogP contribution in [0.3, 0.4) is 0 Å². The Morgan fingerprint density at radius 1 is 1.18 bits per heavy atom. The highest BCUT2D eigenvalue weighted by atomic mass is 35.5. The molecule has 0 spiro atoms. The van der Waals surface area contributed by atoms with Crippen LogP contribution in [-0.4, -0.2) is 36.3 Å². The van der Waals surface area contributed by atoms with E-state index in [-0.39, 0.29) is 23.5 Å². The fourth-order valence-corrected chi connectivity index (χ4v) is 3.65. The number of rotatable bonds is 5. The lowest BCUT2D eigenvalue weighted by Crippen LogP contribution is -2.37. The first-order valence-electron chi connectivity index (χ1n) is 9.43. The van der Waals surface area contributed by atoms with Crippen molar-refractivity contribution in [2.75, 3.05) is 19.6 Å². The summed E-state index contributed by atoms with van der Waals surface area (Å²) < 4.78 is 13.8. The van der Waals surface area contributed by atoms with Gasteiger partial charge in [-0.2, -0.15) is 0 Å². The summed E-state index contributed by atoms with van der Waals surface area (Å²) in [6.07, 6.45) is 0. The Morgan fingerprint density at radius 3 is 2.54 bits per heavy atom. The largest absolute Gasteiger partial charge is 0.356 e. The Morgan fingerprint density at radius 2 is 1.89 bits per heavy atom. The molecule has 1 saturated heterocycles. The van der Waals surface area contributed by atoms with Crippen molar-refractivity contribution in [1.29, 1.82) is 0 Å². The van der Waals surface area contributed by atoms with Crippen molar-refractivity contribution in [3.05, 3.63) is 70.5 Å². The summed E-state index contributed by atoms with van der Waals surface area (Å²) in [7, 11) is 0. The Hall–Kier alpha value is -2.40. The van der Waals surface area contributed by atoms with E-state index in [4.69, 9.17) is 11.6 Å². The topological polar surface area (TPSA) is 49.4 Å². The van der Waals surface area contributed by atoms with E-state index in [1.54, 1.807) is 35.2 Å². The Labute approximate surface area is 169 Å². The first kappa shape index (κ1) is 20.3. The van der Waals surface area contributed by atoms with E-state index in [9.17, 15) is 14.0 Å². The summed E-state index contributed by atoms with van der Waals surface area (Å²) in [5.74, 6) is -0.950. The lowest BCUT2D eigenvalue weighted by molar-refractivity contribution is -0.125. The Bertz CT molecular complexity index is 854. The lowest BCUT2D eigenvalue weighted by Gasteiger charge is -2.19. The fraction of sp³-hybridized carbons (Fsp3) is 0.364. The monoisotopic (exact) mass is 402 g/mol. The van der Waals surface area contributed by atoms with Crippen LogP contribution in [0.2, 0.25) is 5.02 Å². The van der Waals surface area contributed by atoms with Gasteiger partial charge in [-0.1, -0.05) is 37.6 Å². The lowest BCUT2D eigenvalue weighted by atomic mass is 9.88. The molecule has 6 heteroatoms. The molecule has 2 aromatic carbocycles. The van der Waals surface area contributed by atoms with E-state index in [0.29, 0.717) is 36.1 Å². The normalized spacial score (nSPS) is 19.1. The first-order chi connectivity index (χ1) is 13.3. The van der Waals surface area contributed by atoms with Crippen LogP contribution < -0.4 is 5.32 Å². The molecule has 1 aliphatic rings. The van der Waals surface area contributed by atoms with Crippen molar-refractivity contribution in [2.45, 2.75) is 19.8 Å². The van der Waals surface area contributed by atoms with Crippen LogP contribution in [0.4, 0.5) is 4.39 Å². The zero-order valence-electron chi connectivity index (χ0n) is 16.0. The smallest absolute Gasteiger partial charge is 0.253 e. The molecule has 0 aromatic heterocycles. The number of hydrogen-bond donors (Lipinski definition) is 1. The van der Waals surface area contributed by atoms with E-state index >= 15 is 0 Å². The third-order valence-electron chi connectivity index (χ3n) is 5.00. The molecule has 3 rings (SSSR count). The van der Waals surface area contributed by atoms with Gasteiger partial charge in [0.1, 0.15) is 5.82 Å². The van der Waals surface area contributed by atoms with Gasteiger partial charge in [0, 0.05) is 36.1 Å². The molecule has 0 saturated carbocycles. The molecule has 4 nitrogen and oxygen atoms in total. The highest BCUT2D eigenvalue weighted by molar-refractivity contribution is 6.30. The van der Waals surface area contributed by atoms with Gasteiger partial charge in [0.05, 0.1) is 5.92 Å². The van der Waals surface area contributed by atoms with E-state index in [1.165, 1.54) is 12.1 Å². The van der Waals surface area contributed by atoms with Crippen LogP contribution in [0.15, 0.2) is 48.5 Å². The molecule has 28 heavy (non-hydrogen) atoms. The van der Waals surface area contributed by atoms with Crippen molar-refractivity contribution >= 4 is 23.4 Å². The number of nitrogens with one attached hydrogen (secondary N) is 1. The summed E-state index contributed by atoms with van der Waals surface area (Å²) >= 11 is 5.91. The van der Waals surface area contributed by atoms with E-state index in [0.717, 1.165) is 5.56 Å². The molecular formula is C22H24ClFN2O2. The van der Waals surface area contributed by atoms with Gasteiger partial charge in [0.2, 0.25) is 5.91 Å². The predicted octanol–water partition coefficient (Wildman–Crippen LogP) is 4.11. The van der Waals surface area contributed by atoms with Gasteiger partial charge in [-0.05, 0) is 47.9 Å². The zero-order chi connectivity index (χ0) is 20.3. The third kappa shape index (κ3) is 4.71. The number of benzene rings is 2. The van der Waals surface area contributed by atoms with Gasteiger partial charge in [0.15, 0.2) is 0 Å². The molecule has 1 N–H and O–H groups in total. The molecular weight excluding hydrogens is 379 g/mol. The summed E-state index contributed by atoms with van der Waals surface area (Å²) in [5.41, 5.74) is 1.25. The molecule has 2 atom stereocenters. The second-order valence-corrected chi connectivity index (χ2v) is 8.06. The Kier molecular flexibility index (Phi) is 6.35. The maximum absolute atomic E-state index is 13.8. The summed E-state index contributed by atoms with van der Waals surface area (Å²) in [4.78, 5) is 27.4. The molecule has 0 aliphatic carbocycles. The van der Waals surface area contributed by atoms with Crippen molar-refractivity contribution in [2.24, 2.45) is 11.8 Å². The molecule has 1 aliphatic heterocycles. The van der Waals surface area contributed by atoms with Gasteiger partial charge in [-0.15, -0.1) is 0 Å². The van der Waals surface area contributed by atoms with Gasteiger partial charge >= 0.3 is 0 Å². The number of carbonyl (C=O) groups excluding carboxylic acids is 2. The third-order valence-corrected chi connectivity index (χ3v) is 5.25. The number of halogens is 2. The molecule has 1 heterocycles. The number of amides is 2. The summed E-state index contributed by atoms with van der Waals surface area (Å²) in [6, 6.07) is 13.0. The van der Waals surface area contributed by atoms with Crippen LogP contribution in [0.25, 0.3) is 0 Å². The van der Waals surface area contributed by atoms with Crippen LogP contribution >= 0.6 is 11.6 Å². The van der Waals surface area contributed by atoms with Crippen molar-refractivity contribution in [3.63, 3.8) is 0 Å². The molecule has 2 aromatic rings. The minimum atomic E-state index is -0.420. The minimum Gasteiger partial charge on any atom is -0.356 e. The minimum absolute atomic E-state index is 0.102. The number of likely N-dealkylation sites (tertiary alicyclic amines) is 1. The Balaban J connectivity index is 1.84. The van der Waals surface area contributed by atoms with Gasteiger partial charge < -0.3 is 10.2 Å². The highest BCUT2D eigenvalue weighted by Crippen LogP contribution is 2.34. The SMILES string of the molecule is CC(C)CNC(=O)[C@@H]1CN(C(=O)c2ccc(Cl)cc2)C[C@H]1c1cccc(F)c1. The highest BCUT2D eigenvalue weighted by Gasteiger charge is 2.40. The summed E-state index contributed by atoms with van der Waals surface area (Å²) in [6.45, 7) is 5.28. The zero-order valence-corrected chi connectivity index (χ0v) is 16.7. The van der Waals surface area contributed by atoms with E-state index in [1.807, 2.05) is 19.9 Å². The predicted molar refractivity (Wildman–Crippen MR) is 108 cm³/mol. The van der Waals surface area contributed by atoms with Crippen LogP contribution in [0.5, 0.6) is 0 Å². The molecule has 0 radical (unpaired) electrons. The standard InChI is InChI=1S/C22H24ClFN2O2/c1-14(2)11-25-21(27)20-13-26(22(28)15-6-8-17(23)9-7-15)12-19(20)16-4-3-5-18(24)10-16/h3-10,14,19-20H,11-13H2,1-2H3,(H,25,27)/t19-,20+/m0/s1. The van der Waals surface area contributed by atoms with Crippen LogP contribution in [0.1, 0.15) is 35.7 Å². The maximum Gasteiger partial charge on any atom is 0.253 e. The first-order valence-corrected chi connectivity index (χ1v) is 9.81. The van der Waals surface area contributed by atoms with Gasteiger partial charge in [-0.25, -0.2) is 4.39 Å². The average molecular weight is 403 g/mol. The van der Waals surface area contributed by atoms with Gasteiger partial charge in [0.25, 0.3) is 5.91 Å². The van der Waals surface area contributed by atoms with Crippen molar-refractivity contribution < 1.29 is 14.0 Å². The van der Waals surface area contributed by atoms with Crippen molar-refractivity contribution in [3.8, 4) is 0 Å². The molecule has 0 bridgehead atoms. The number of nitrogens with zero attached hydrogens (tertiary/aromatic N) is 1. The average Bonchev–Trinajstić information content (AvgIpc) is 3.11. The number of hydrogen-bond acceptors (Lipinski definition) is 2. The maximum atomic E-state index is 13.8. The molecule has 1 fully saturated rings. The number of carbonyl (C=O) groups is 2. The molecule has 2 amide bonds. The quantitative estimate of drug-likeness (QED) is 0.818. The summed E-state index contributed by atoms with van der Waals surface area (Å²) in [5, 5.41) is 3.51. The molecule has 0 unspecified atom stereocenters. The molecule has 148 valence electrons. The van der Waals surface area contributed by atoms with E-state index < -0.39 is 5.92 Å². The van der Waals surface area contributed by atoms with Crippen molar-refractivity contribution in [1.82, 2.24) is 10.2 Å². The second kappa shape index (κ2) is 8.74.